The first-order valence-corrected chi connectivity index (χ1v) is 15.2. The van der Waals surface area contributed by atoms with Gasteiger partial charge >= 0.3 is 10.2 Å². The van der Waals surface area contributed by atoms with Crippen LogP contribution >= 0.6 is 0 Å². The number of rotatable bonds is 5. The maximum Gasteiger partial charge on any atom is 0.332 e. The minimum atomic E-state index is -4.88. The number of aromatic nitrogens is 2. The van der Waals surface area contributed by atoms with Gasteiger partial charge in [-0.05, 0) is 78.3 Å². The van der Waals surface area contributed by atoms with Gasteiger partial charge in [0.25, 0.3) is 0 Å². The molecule has 0 unspecified atom stereocenters. The summed E-state index contributed by atoms with van der Waals surface area (Å²) in [5.41, 5.74) is 4.98. The Balaban J connectivity index is 1.75. The highest BCUT2D eigenvalue weighted by molar-refractivity contribution is 7.86. The lowest BCUT2D eigenvalue weighted by Crippen LogP contribution is -2.19. The molecule has 0 saturated heterocycles. The fourth-order valence-corrected chi connectivity index (χ4v) is 6.85. The van der Waals surface area contributed by atoms with Gasteiger partial charge in [-0.3, -0.25) is 4.79 Å². The molecule has 6 nitrogen and oxygen atoms in total. The minimum Gasteiger partial charge on any atom is -0.340 e. The number of fused-ring (bicyclic) bond motifs is 4. The number of pyridine rings is 1. The lowest BCUT2D eigenvalue weighted by molar-refractivity contribution is 0.365. The van der Waals surface area contributed by atoms with Gasteiger partial charge in [0.05, 0.1) is 27.4 Å². The molecule has 1 aliphatic rings. The van der Waals surface area contributed by atoms with E-state index < -0.39 is 10.2 Å². The van der Waals surface area contributed by atoms with Gasteiger partial charge in [0.1, 0.15) is 5.65 Å². The normalized spacial score (nSPS) is 14.9. The molecule has 40 heavy (non-hydrogen) atoms. The number of benzene rings is 3. The summed E-state index contributed by atoms with van der Waals surface area (Å²) in [6, 6.07) is 17.6. The molecule has 0 radical (unpaired) electrons. The van der Waals surface area contributed by atoms with Crippen LogP contribution in [0.2, 0.25) is 0 Å². The molecule has 2 heterocycles. The Labute approximate surface area is 232 Å². The van der Waals surface area contributed by atoms with Crippen molar-refractivity contribution in [3.05, 3.63) is 75.9 Å². The van der Waals surface area contributed by atoms with E-state index in [1.54, 1.807) is 24.3 Å². The van der Waals surface area contributed by atoms with Gasteiger partial charge in [-0.25, -0.2) is 0 Å². The number of aromatic amines is 1. The zero-order valence-corrected chi connectivity index (χ0v) is 23.3. The Morgan fingerprint density at radius 1 is 1.05 bits per heavy atom. The van der Waals surface area contributed by atoms with Crippen molar-refractivity contribution in [3.8, 4) is 17.2 Å². The zero-order chi connectivity index (χ0) is 28.2. The van der Waals surface area contributed by atoms with Crippen molar-refractivity contribution in [3.63, 3.8) is 0 Å². The number of nitriles is 1. The summed E-state index contributed by atoms with van der Waals surface area (Å²) in [6.07, 6.45) is 5.97. The number of hydrogen-bond donors (Lipinski definition) is 1. The smallest absolute Gasteiger partial charge is 0.332 e. The molecule has 0 aliphatic heterocycles. The standard InChI is InChI=1S/C32H30FN3O3S/c1-19(2)13-22-16-27-29(17-26(22)21-7-6-10-24(15-21)40(33,38)39)36(23-8-4-3-5-9-23)32-30(31(27)37)25-12-11-20(18-34)14-28(25)35-32/h6-7,10-12,14-17,19,23,35H,3-5,8-9,13H2,1-2H3. The molecular formula is C32H30FN3O3S. The SMILES string of the molecule is CC(C)Cc1cc2c(=O)c3c4ccc(C#N)cc4[nH]c3n(C3CCCCC3)c2cc1-c1cccc(S(=O)(=O)F)c1. The van der Waals surface area contributed by atoms with Crippen LogP contribution < -0.4 is 5.43 Å². The second kappa shape index (κ2) is 9.90. The first-order valence-electron chi connectivity index (χ1n) is 13.8. The summed E-state index contributed by atoms with van der Waals surface area (Å²) in [6.45, 7) is 4.18. The van der Waals surface area contributed by atoms with E-state index in [9.17, 15) is 22.4 Å². The van der Waals surface area contributed by atoms with Gasteiger partial charge in [0.2, 0.25) is 0 Å². The number of hydrogen-bond acceptors (Lipinski definition) is 4. The second-order valence-electron chi connectivity index (χ2n) is 11.3. The van der Waals surface area contributed by atoms with Crippen molar-refractivity contribution in [1.82, 2.24) is 9.55 Å². The van der Waals surface area contributed by atoms with Gasteiger partial charge in [-0.2, -0.15) is 13.7 Å². The molecule has 8 heteroatoms. The summed E-state index contributed by atoms with van der Waals surface area (Å²) in [4.78, 5) is 17.3. The average molecular weight is 556 g/mol. The van der Waals surface area contributed by atoms with E-state index in [1.807, 2.05) is 18.2 Å². The fraction of sp³-hybridized carbons (Fsp3) is 0.312. The summed E-state index contributed by atoms with van der Waals surface area (Å²) < 4.78 is 39.7. The molecule has 0 bridgehead atoms. The molecule has 5 aromatic rings. The predicted octanol–water partition coefficient (Wildman–Crippen LogP) is 7.54. The highest BCUT2D eigenvalue weighted by Crippen LogP contribution is 2.38. The number of H-pyrrole nitrogens is 1. The molecule has 2 aromatic heterocycles. The van der Waals surface area contributed by atoms with E-state index in [1.165, 1.54) is 18.6 Å². The average Bonchev–Trinajstić information content (AvgIpc) is 3.31. The molecule has 0 atom stereocenters. The van der Waals surface area contributed by atoms with Crippen molar-refractivity contribution in [1.29, 1.82) is 5.26 Å². The predicted molar refractivity (Wildman–Crippen MR) is 157 cm³/mol. The van der Waals surface area contributed by atoms with Crippen LogP contribution in [0.1, 0.15) is 63.1 Å². The first kappa shape index (κ1) is 26.3. The maximum absolute atomic E-state index is 14.2. The minimum absolute atomic E-state index is 0.0790. The molecule has 0 amide bonds. The summed E-state index contributed by atoms with van der Waals surface area (Å²) in [7, 11) is -4.88. The fourth-order valence-electron chi connectivity index (χ4n) is 6.34. The van der Waals surface area contributed by atoms with Crippen LogP contribution in [0.3, 0.4) is 0 Å². The van der Waals surface area contributed by atoms with Crippen LogP contribution in [0.15, 0.2) is 64.3 Å². The molecular weight excluding hydrogens is 525 g/mol. The summed E-state index contributed by atoms with van der Waals surface area (Å²) in [5, 5.41) is 11.5. The molecule has 1 saturated carbocycles. The Morgan fingerprint density at radius 2 is 1.82 bits per heavy atom. The lowest BCUT2D eigenvalue weighted by atomic mass is 9.90. The Bertz CT molecular complexity index is 2010. The first-order chi connectivity index (χ1) is 19.2. The molecule has 3 aromatic carbocycles. The van der Waals surface area contributed by atoms with E-state index in [-0.39, 0.29) is 22.3 Å². The van der Waals surface area contributed by atoms with Gasteiger partial charge < -0.3 is 9.55 Å². The monoisotopic (exact) mass is 555 g/mol. The second-order valence-corrected chi connectivity index (χ2v) is 12.6. The molecule has 1 N–H and O–H groups in total. The van der Waals surface area contributed by atoms with E-state index in [0.29, 0.717) is 28.3 Å². The Kier molecular flexibility index (Phi) is 6.50. The Hall–Kier alpha value is -3.96. The van der Waals surface area contributed by atoms with Crippen LogP contribution in [-0.4, -0.2) is 18.0 Å². The topological polar surface area (TPSA) is 95.7 Å². The maximum atomic E-state index is 14.2. The van der Waals surface area contributed by atoms with Crippen LogP contribution in [0.4, 0.5) is 3.89 Å². The Morgan fingerprint density at radius 3 is 2.52 bits per heavy atom. The van der Waals surface area contributed by atoms with Crippen LogP contribution in [0, 0.1) is 17.2 Å². The summed E-state index contributed by atoms with van der Waals surface area (Å²) in [5.74, 6) is 0.270. The third-order valence-electron chi connectivity index (χ3n) is 8.10. The zero-order valence-electron chi connectivity index (χ0n) is 22.5. The van der Waals surface area contributed by atoms with Crippen molar-refractivity contribution in [2.75, 3.05) is 0 Å². The van der Waals surface area contributed by atoms with Crippen LogP contribution in [0.25, 0.3) is 44.0 Å². The molecule has 6 rings (SSSR count). The van der Waals surface area contributed by atoms with E-state index in [4.69, 9.17) is 0 Å². The van der Waals surface area contributed by atoms with Crippen LogP contribution in [-0.2, 0) is 16.6 Å². The van der Waals surface area contributed by atoms with Gasteiger partial charge in [0, 0.05) is 22.3 Å². The highest BCUT2D eigenvalue weighted by atomic mass is 32.3. The van der Waals surface area contributed by atoms with Gasteiger partial charge in [-0.15, -0.1) is 3.89 Å². The van der Waals surface area contributed by atoms with Crippen molar-refractivity contribution in [2.24, 2.45) is 5.92 Å². The molecule has 204 valence electrons. The largest absolute Gasteiger partial charge is 0.340 e. The summed E-state index contributed by atoms with van der Waals surface area (Å²) >= 11 is 0. The van der Waals surface area contributed by atoms with E-state index in [0.717, 1.165) is 58.9 Å². The number of nitrogens with zero attached hydrogens (tertiary/aromatic N) is 2. The number of halogens is 1. The van der Waals surface area contributed by atoms with Crippen molar-refractivity contribution >= 4 is 43.1 Å². The van der Waals surface area contributed by atoms with E-state index >= 15 is 0 Å². The van der Waals surface area contributed by atoms with Gasteiger partial charge in [0.15, 0.2) is 5.43 Å². The lowest BCUT2D eigenvalue weighted by Gasteiger charge is -2.28. The highest BCUT2D eigenvalue weighted by Gasteiger charge is 2.25. The molecule has 1 aliphatic carbocycles. The van der Waals surface area contributed by atoms with Crippen molar-refractivity contribution < 1.29 is 12.3 Å². The number of nitrogens with one attached hydrogen (secondary N) is 1. The third-order valence-corrected chi connectivity index (χ3v) is 8.91. The molecule has 1 fully saturated rings. The third kappa shape index (κ3) is 4.48. The van der Waals surface area contributed by atoms with Crippen molar-refractivity contribution in [2.45, 2.75) is 63.3 Å². The molecule has 0 spiro atoms. The van der Waals surface area contributed by atoms with Gasteiger partial charge in [-0.1, -0.05) is 51.3 Å². The van der Waals surface area contributed by atoms with E-state index in [2.05, 4.69) is 29.5 Å². The van der Waals surface area contributed by atoms with Crippen LogP contribution in [0.5, 0.6) is 0 Å². The quantitative estimate of drug-likeness (QED) is 0.227.